The summed E-state index contributed by atoms with van der Waals surface area (Å²) in [6.07, 6.45) is 1.39. The van der Waals surface area contributed by atoms with Gasteiger partial charge in [0.2, 0.25) is 6.79 Å². The number of carbonyl (C=O) groups is 1. The number of benzene rings is 2. The molecule has 5 heteroatoms. The summed E-state index contributed by atoms with van der Waals surface area (Å²) in [6.45, 7) is 3.48. The van der Waals surface area contributed by atoms with Crippen LogP contribution in [-0.4, -0.2) is 30.3 Å². The number of hydrogen-bond acceptors (Lipinski definition) is 4. The van der Waals surface area contributed by atoms with Crippen LogP contribution in [0.4, 0.5) is 0 Å². The maximum atomic E-state index is 13.1. The lowest BCUT2D eigenvalue weighted by atomic mass is 10.0. The molecule has 0 spiro atoms. The third-order valence-corrected chi connectivity index (χ3v) is 5.03. The van der Waals surface area contributed by atoms with Gasteiger partial charge in [-0.2, -0.15) is 0 Å². The molecule has 2 aliphatic heterocycles. The molecule has 2 heterocycles. The molecule has 1 fully saturated rings. The molecule has 5 nitrogen and oxygen atoms in total. The van der Waals surface area contributed by atoms with Crippen LogP contribution in [0.1, 0.15) is 36.9 Å². The Hall–Kier alpha value is -2.53. The molecule has 0 unspecified atom stereocenters. The topological polar surface area (TPSA) is 48.0 Å². The van der Waals surface area contributed by atoms with Crippen molar-refractivity contribution < 1.29 is 19.0 Å². The first-order valence-corrected chi connectivity index (χ1v) is 9.08. The summed E-state index contributed by atoms with van der Waals surface area (Å²) >= 11 is 0. The first kappa shape index (κ1) is 16.9. The molecule has 4 rings (SSSR count). The Labute approximate surface area is 153 Å². The van der Waals surface area contributed by atoms with Crippen LogP contribution in [0.25, 0.3) is 0 Å². The van der Waals surface area contributed by atoms with Gasteiger partial charge < -0.3 is 19.1 Å². The molecule has 1 amide bonds. The normalized spacial score (nSPS) is 19.3. The predicted octanol–water partition coefficient (Wildman–Crippen LogP) is 3.68. The number of ether oxygens (including phenoxy) is 3. The highest BCUT2D eigenvalue weighted by Gasteiger charge is 2.31. The van der Waals surface area contributed by atoms with Crippen LogP contribution >= 0.6 is 0 Å². The number of amides is 1. The number of fused-ring (bicyclic) bond motifs is 1. The molecule has 0 N–H and O–H groups in total. The molecule has 2 aromatic carbocycles. The zero-order chi connectivity index (χ0) is 17.9. The number of rotatable bonds is 5. The van der Waals surface area contributed by atoms with Crippen molar-refractivity contribution in [2.75, 3.05) is 13.4 Å². The minimum absolute atomic E-state index is 0.0432. The molecule has 0 bridgehead atoms. The average molecular weight is 353 g/mol. The summed E-state index contributed by atoms with van der Waals surface area (Å²) in [5, 5.41) is 0. The monoisotopic (exact) mass is 353 g/mol. The SMILES string of the molecule is C[C@H](c1ccccc1)N(Cc1ccc2c(c1)OCO2)C(=O)[C@@H]1CCCO1. The van der Waals surface area contributed by atoms with E-state index in [1.54, 1.807) is 0 Å². The zero-order valence-corrected chi connectivity index (χ0v) is 14.9. The zero-order valence-electron chi connectivity index (χ0n) is 14.9. The van der Waals surface area contributed by atoms with Crippen LogP contribution in [0, 0.1) is 0 Å². The second-order valence-corrected chi connectivity index (χ2v) is 6.74. The maximum absolute atomic E-state index is 13.1. The minimum Gasteiger partial charge on any atom is -0.454 e. The summed E-state index contributed by atoms with van der Waals surface area (Å²) in [6, 6.07) is 15.9. The molecule has 136 valence electrons. The van der Waals surface area contributed by atoms with E-state index >= 15 is 0 Å². The van der Waals surface area contributed by atoms with Gasteiger partial charge in [-0.15, -0.1) is 0 Å². The van der Waals surface area contributed by atoms with Crippen molar-refractivity contribution in [3.63, 3.8) is 0 Å². The molecule has 0 saturated carbocycles. The molecular weight excluding hydrogens is 330 g/mol. The molecule has 0 aliphatic carbocycles. The highest BCUT2D eigenvalue weighted by molar-refractivity contribution is 5.81. The van der Waals surface area contributed by atoms with E-state index in [9.17, 15) is 4.79 Å². The van der Waals surface area contributed by atoms with E-state index in [0.29, 0.717) is 13.2 Å². The van der Waals surface area contributed by atoms with Gasteiger partial charge in [0.25, 0.3) is 5.91 Å². The molecular formula is C21H23NO4. The Balaban J connectivity index is 1.60. The van der Waals surface area contributed by atoms with Gasteiger partial charge in [-0.05, 0) is 43.0 Å². The fraction of sp³-hybridized carbons (Fsp3) is 0.381. The second kappa shape index (κ2) is 7.38. The third-order valence-electron chi connectivity index (χ3n) is 5.03. The first-order chi connectivity index (χ1) is 12.7. The predicted molar refractivity (Wildman–Crippen MR) is 96.9 cm³/mol. The van der Waals surface area contributed by atoms with Crippen molar-refractivity contribution in [2.24, 2.45) is 0 Å². The fourth-order valence-corrected chi connectivity index (χ4v) is 3.51. The van der Waals surface area contributed by atoms with E-state index in [2.05, 4.69) is 19.1 Å². The highest BCUT2D eigenvalue weighted by Crippen LogP contribution is 2.34. The Kier molecular flexibility index (Phi) is 4.80. The van der Waals surface area contributed by atoms with Crippen molar-refractivity contribution in [1.29, 1.82) is 0 Å². The molecule has 2 atom stereocenters. The Bertz CT molecular complexity index is 771. The summed E-state index contributed by atoms with van der Waals surface area (Å²) in [5.74, 6) is 1.54. The van der Waals surface area contributed by atoms with Crippen LogP contribution in [0.5, 0.6) is 11.5 Å². The smallest absolute Gasteiger partial charge is 0.252 e. The number of nitrogens with zero attached hydrogens (tertiary/aromatic N) is 1. The van der Waals surface area contributed by atoms with Gasteiger partial charge in [-0.1, -0.05) is 36.4 Å². The van der Waals surface area contributed by atoms with Crippen LogP contribution in [0.15, 0.2) is 48.5 Å². The van der Waals surface area contributed by atoms with Crippen LogP contribution in [-0.2, 0) is 16.1 Å². The Morgan fingerprint density at radius 1 is 1.15 bits per heavy atom. The Morgan fingerprint density at radius 2 is 1.96 bits per heavy atom. The highest BCUT2D eigenvalue weighted by atomic mass is 16.7. The van der Waals surface area contributed by atoms with Gasteiger partial charge in [0, 0.05) is 13.2 Å². The summed E-state index contributed by atoms with van der Waals surface area (Å²) in [4.78, 5) is 15.0. The van der Waals surface area contributed by atoms with Crippen molar-refractivity contribution in [2.45, 2.75) is 38.5 Å². The quantitative estimate of drug-likeness (QED) is 0.823. The molecule has 26 heavy (non-hydrogen) atoms. The Morgan fingerprint density at radius 3 is 2.73 bits per heavy atom. The van der Waals surface area contributed by atoms with E-state index in [0.717, 1.165) is 35.5 Å². The minimum atomic E-state index is -0.338. The average Bonchev–Trinajstić information content (AvgIpc) is 3.37. The van der Waals surface area contributed by atoms with E-state index in [4.69, 9.17) is 14.2 Å². The molecule has 2 aliphatic rings. The molecule has 1 saturated heterocycles. The number of hydrogen-bond donors (Lipinski definition) is 0. The lowest BCUT2D eigenvalue weighted by molar-refractivity contribution is -0.144. The van der Waals surface area contributed by atoms with Gasteiger partial charge in [0.05, 0.1) is 6.04 Å². The van der Waals surface area contributed by atoms with Gasteiger partial charge in [0.15, 0.2) is 11.5 Å². The van der Waals surface area contributed by atoms with Crippen molar-refractivity contribution in [1.82, 2.24) is 4.90 Å². The van der Waals surface area contributed by atoms with Gasteiger partial charge in [-0.25, -0.2) is 0 Å². The molecule has 0 aromatic heterocycles. The molecule has 0 radical (unpaired) electrons. The van der Waals surface area contributed by atoms with E-state index in [-0.39, 0.29) is 24.8 Å². The standard InChI is InChI=1S/C21H23NO4/c1-15(17-6-3-2-4-7-17)22(21(23)19-8-5-11-24-19)13-16-9-10-18-20(12-16)26-14-25-18/h2-4,6-7,9-10,12,15,19H,5,8,11,13-14H2,1H3/t15-,19+/m1/s1. The fourth-order valence-electron chi connectivity index (χ4n) is 3.51. The van der Waals surface area contributed by atoms with Crippen LogP contribution in [0.2, 0.25) is 0 Å². The van der Waals surface area contributed by atoms with Crippen LogP contribution < -0.4 is 9.47 Å². The van der Waals surface area contributed by atoms with Crippen molar-refractivity contribution in [3.8, 4) is 11.5 Å². The summed E-state index contributed by atoms with van der Waals surface area (Å²) in [5.41, 5.74) is 2.13. The van der Waals surface area contributed by atoms with E-state index in [1.165, 1.54) is 0 Å². The largest absolute Gasteiger partial charge is 0.454 e. The lowest BCUT2D eigenvalue weighted by Gasteiger charge is -2.31. The first-order valence-electron chi connectivity index (χ1n) is 9.08. The van der Waals surface area contributed by atoms with E-state index in [1.807, 2.05) is 41.3 Å². The van der Waals surface area contributed by atoms with Crippen molar-refractivity contribution in [3.05, 3.63) is 59.7 Å². The summed E-state index contributed by atoms with van der Waals surface area (Å²) < 4.78 is 16.5. The van der Waals surface area contributed by atoms with Gasteiger partial charge in [0.1, 0.15) is 6.10 Å². The second-order valence-electron chi connectivity index (χ2n) is 6.74. The third kappa shape index (κ3) is 3.40. The van der Waals surface area contributed by atoms with Crippen molar-refractivity contribution >= 4 is 5.91 Å². The number of carbonyl (C=O) groups excluding carboxylic acids is 1. The maximum Gasteiger partial charge on any atom is 0.252 e. The van der Waals surface area contributed by atoms with Gasteiger partial charge >= 0.3 is 0 Å². The summed E-state index contributed by atoms with van der Waals surface area (Å²) in [7, 11) is 0. The lowest BCUT2D eigenvalue weighted by Crippen LogP contribution is -2.40. The van der Waals surface area contributed by atoms with Crippen LogP contribution in [0.3, 0.4) is 0 Å². The van der Waals surface area contributed by atoms with E-state index < -0.39 is 0 Å². The molecule has 2 aromatic rings. The van der Waals surface area contributed by atoms with Gasteiger partial charge in [-0.3, -0.25) is 4.79 Å².